The summed E-state index contributed by atoms with van der Waals surface area (Å²) in [6.45, 7) is 1.67. The normalized spacial score (nSPS) is 11.7. The van der Waals surface area contributed by atoms with Crippen molar-refractivity contribution in [3.63, 3.8) is 0 Å². The van der Waals surface area contributed by atoms with Crippen molar-refractivity contribution in [3.05, 3.63) is 98.3 Å². The first-order chi connectivity index (χ1) is 13.7. The molecule has 0 bridgehead atoms. The van der Waals surface area contributed by atoms with Crippen LogP contribution in [0.4, 0.5) is 0 Å². The fourth-order valence-electron chi connectivity index (χ4n) is 3.14. The summed E-state index contributed by atoms with van der Waals surface area (Å²) in [6.07, 6.45) is 0. The third-order valence-electron chi connectivity index (χ3n) is 4.91. The highest BCUT2D eigenvalue weighted by Crippen LogP contribution is 2.21. The van der Waals surface area contributed by atoms with Crippen LogP contribution >= 0.6 is 0 Å². The van der Waals surface area contributed by atoms with Gasteiger partial charge in [-0.1, -0.05) is 60.7 Å². The number of benzene rings is 2. The summed E-state index contributed by atoms with van der Waals surface area (Å²) >= 11 is 0. The molecule has 0 atom stereocenters. The zero-order valence-electron chi connectivity index (χ0n) is 16.6. The van der Waals surface area contributed by atoms with Crippen LogP contribution in [0, 0.1) is 6.92 Å². The molecule has 0 unspecified atom stereocenters. The van der Waals surface area contributed by atoms with Gasteiger partial charge in [-0.05, 0) is 18.1 Å². The Morgan fingerprint density at radius 2 is 1.24 bits per heavy atom. The molecule has 2 aromatic carbocycles. The lowest BCUT2D eigenvalue weighted by atomic mass is 10.2. The van der Waals surface area contributed by atoms with Crippen molar-refractivity contribution < 1.29 is 8.42 Å². The SMILES string of the molecule is Cc1c(S(=O)(=O)N(Cc2ccccc2)Cc2ccccc2)c(=O)n(C)c(=O)n1C. The number of hydrogen-bond acceptors (Lipinski definition) is 4. The van der Waals surface area contributed by atoms with Crippen LogP contribution in [0.25, 0.3) is 0 Å². The predicted molar refractivity (Wildman–Crippen MR) is 111 cm³/mol. The van der Waals surface area contributed by atoms with E-state index in [0.717, 1.165) is 15.7 Å². The van der Waals surface area contributed by atoms with Gasteiger partial charge in [-0.15, -0.1) is 0 Å². The molecule has 152 valence electrons. The molecule has 1 heterocycles. The average molecular weight is 413 g/mol. The summed E-state index contributed by atoms with van der Waals surface area (Å²) in [4.78, 5) is 24.5. The van der Waals surface area contributed by atoms with Crippen molar-refractivity contribution in [1.29, 1.82) is 0 Å². The monoisotopic (exact) mass is 413 g/mol. The lowest BCUT2D eigenvalue weighted by Gasteiger charge is -2.24. The molecule has 29 heavy (non-hydrogen) atoms. The molecule has 0 aliphatic carbocycles. The van der Waals surface area contributed by atoms with Crippen molar-refractivity contribution in [2.45, 2.75) is 24.9 Å². The summed E-state index contributed by atoms with van der Waals surface area (Å²) in [5.41, 5.74) is 0.322. The quantitative estimate of drug-likeness (QED) is 0.617. The van der Waals surface area contributed by atoms with E-state index in [0.29, 0.717) is 0 Å². The van der Waals surface area contributed by atoms with Gasteiger partial charge in [0, 0.05) is 32.9 Å². The minimum Gasteiger partial charge on any atom is -0.300 e. The average Bonchev–Trinajstić information content (AvgIpc) is 2.72. The summed E-state index contributed by atoms with van der Waals surface area (Å²) in [7, 11) is -1.45. The molecule has 0 saturated heterocycles. The topological polar surface area (TPSA) is 81.4 Å². The van der Waals surface area contributed by atoms with E-state index < -0.39 is 21.3 Å². The maximum atomic E-state index is 13.6. The molecule has 0 N–H and O–H groups in total. The van der Waals surface area contributed by atoms with Gasteiger partial charge >= 0.3 is 5.69 Å². The van der Waals surface area contributed by atoms with Gasteiger partial charge in [-0.2, -0.15) is 4.31 Å². The molecule has 3 aromatic rings. The van der Waals surface area contributed by atoms with E-state index >= 15 is 0 Å². The van der Waals surface area contributed by atoms with E-state index in [2.05, 4.69) is 0 Å². The van der Waals surface area contributed by atoms with Crippen molar-refractivity contribution in [3.8, 4) is 0 Å². The molecule has 0 radical (unpaired) electrons. The van der Waals surface area contributed by atoms with E-state index in [-0.39, 0.29) is 23.7 Å². The molecule has 7 nitrogen and oxygen atoms in total. The van der Waals surface area contributed by atoms with E-state index in [1.807, 2.05) is 60.7 Å². The Hall–Kier alpha value is -2.97. The summed E-state index contributed by atoms with van der Waals surface area (Å²) in [5, 5.41) is 0. The highest BCUT2D eigenvalue weighted by atomic mass is 32.2. The zero-order valence-corrected chi connectivity index (χ0v) is 17.4. The van der Waals surface area contributed by atoms with Gasteiger partial charge in [-0.25, -0.2) is 13.2 Å². The van der Waals surface area contributed by atoms with Crippen molar-refractivity contribution in [1.82, 2.24) is 13.4 Å². The molecule has 8 heteroatoms. The van der Waals surface area contributed by atoms with Crippen molar-refractivity contribution in [2.24, 2.45) is 14.1 Å². The molecule has 0 amide bonds. The molecular formula is C21H23N3O4S. The third-order valence-corrected chi connectivity index (χ3v) is 6.83. The Morgan fingerprint density at radius 3 is 1.69 bits per heavy atom. The summed E-state index contributed by atoms with van der Waals surface area (Å²) in [5.74, 6) is 0. The lowest BCUT2D eigenvalue weighted by molar-refractivity contribution is 0.398. The second-order valence-corrected chi connectivity index (χ2v) is 8.74. The van der Waals surface area contributed by atoms with Crippen molar-refractivity contribution in [2.75, 3.05) is 0 Å². The van der Waals surface area contributed by atoms with Crippen LogP contribution in [-0.4, -0.2) is 21.9 Å². The maximum Gasteiger partial charge on any atom is 0.330 e. The molecule has 0 spiro atoms. The first kappa shape index (κ1) is 20.8. The van der Waals surface area contributed by atoms with Gasteiger partial charge in [-0.3, -0.25) is 13.9 Å². The Kier molecular flexibility index (Phi) is 5.86. The maximum absolute atomic E-state index is 13.6. The standard InChI is InChI=1S/C21H23N3O4S/c1-16-19(20(25)23(3)21(26)22(16)2)29(27,28)24(14-17-10-6-4-7-11-17)15-18-12-8-5-9-13-18/h4-13H,14-15H2,1-3H3. The van der Waals surface area contributed by atoms with Gasteiger partial charge in [0.15, 0.2) is 4.90 Å². The highest BCUT2D eigenvalue weighted by molar-refractivity contribution is 7.89. The van der Waals surface area contributed by atoms with Crippen LogP contribution in [-0.2, 0) is 37.2 Å². The molecular weight excluding hydrogens is 390 g/mol. The minimum absolute atomic E-state index is 0.101. The Bertz CT molecular complexity index is 1190. The van der Waals surface area contributed by atoms with Crippen LogP contribution in [0.3, 0.4) is 0 Å². The highest BCUT2D eigenvalue weighted by Gasteiger charge is 2.31. The van der Waals surface area contributed by atoms with E-state index in [4.69, 9.17) is 0 Å². The Labute approximate surface area is 169 Å². The van der Waals surface area contributed by atoms with Gasteiger partial charge < -0.3 is 0 Å². The van der Waals surface area contributed by atoms with Gasteiger partial charge in [0.25, 0.3) is 15.6 Å². The molecule has 0 aliphatic rings. The molecule has 3 rings (SSSR count). The molecule has 1 aromatic heterocycles. The summed E-state index contributed by atoms with van der Waals surface area (Å²) in [6, 6.07) is 18.4. The first-order valence-electron chi connectivity index (χ1n) is 9.08. The van der Waals surface area contributed by atoms with E-state index in [9.17, 15) is 18.0 Å². The van der Waals surface area contributed by atoms with Gasteiger partial charge in [0.1, 0.15) is 0 Å². The molecule has 0 aliphatic heterocycles. The Balaban J connectivity index is 2.16. The predicted octanol–water partition coefficient (Wildman–Crippen LogP) is 1.78. The zero-order chi connectivity index (χ0) is 21.2. The number of aromatic nitrogens is 2. The van der Waals surface area contributed by atoms with E-state index in [1.54, 1.807) is 0 Å². The van der Waals surface area contributed by atoms with Crippen LogP contribution in [0.15, 0.2) is 75.1 Å². The number of nitrogens with zero attached hydrogens (tertiary/aromatic N) is 3. The number of hydrogen-bond donors (Lipinski definition) is 0. The van der Waals surface area contributed by atoms with Crippen LogP contribution < -0.4 is 11.2 Å². The lowest BCUT2D eigenvalue weighted by Crippen LogP contribution is -2.44. The first-order valence-corrected chi connectivity index (χ1v) is 10.5. The number of rotatable bonds is 6. The van der Waals surface area contributed by atoms with Gasteiger partial charge in [0.05, 0.1) is 0 Å². The molecule has 0 fully saturated rings. The fourth-order valence-corrected chi connectivity index (χ4v) is 4.90. The van der Waals surface area contributed by atoms with Crippen LogP contribution in [0.1, 0.15) is 16.8 Å². The fraction of sp³-hybridized carbons (Fsp3) is 0.238. The van der Waals surface area contributed by atoms with Crippen molar-refractivity contribution >= 4 is 10.0 Å². The van der Waals surface area contributed by atoms with Crippen LogP contribution in [0.5, 0.6) is 0 Å². The third kappa shape index (κ3) is 4.08. The second-order valence-electron chi connectivity index (χ2n) is 6.86. The Morgan fingerprint density at radius 1 is 0.793 bits per heavy atom. The smallest absolute Gasteiger partial charge is 0.300 e. The largest absolute Gasteiger partial charge is 0.330 e. The van der Waals surface area contributed by atoms with Crippen LogP contribution in [0.2, 0.25) is 0 Å². The van der Waals surface area contributed by atoms with E-state index in [1.165, 1.54) is 29.9 Å². The number of sulfonamides is 1. The molecule has 0 saturated carbocycles. The minimum atomic E-state index is -4.18. The summed E-state index contributed by atoms with van der Waals surface area (Å²) < 4.78 is 30.5. The van der Waals surface area contributed by atoms with Gasteiger partial charge in [0.2, 0.25) is 0 Å². The second kappa shape index (κ2) is 8.18.